The third kappa shape index (κ3) is 1.47. The van der Waals surface area contributed by atoms with Gasteiger partial charge in [-0.1, -0.05) is 18.2 Å². The van der Waals surface area contributed by atoms with Crippen LogP contribution in [-0.4, -0.2) is 16.7 Å². The molecule has 3 heteroatoms. The Kier molecular flexibility index (Phi) is 2.43. The molecule has 2 aromatic rings. The second-order valence-corrected chi connectivity index (χ2v) is 3.21. The summed E-state index contributed by atoms with van der Waals surface area (Å²) >= 11 is 0. The highest BCUT2D eigenvalue weighted by Crippen LogP contribution is 2.20. The van der Waals surface area contributed by atoms with E-state index in [2.05, 4.69) is 4.98 Å². The van der Waals surface area contributed by atoms with Crippen molar-refractivity contribution >= 4 is 10.9 Å². The van der Waals surface area contributed by atoms with Crippen LogP contribution in [0.2, 0.25) is 0 Å². The van der Waals surface area contributed by atoms with E-state index in [9.17, 15) is 0 Å². The first-order chi connectivity index (χ1) is 6.83. The molecule has 0 aliphatic heterocycles. The maximum Gasteiger partial charge on any atom is 0.0705 e. The van der Waals surface area contributed by atoms with Gasteiger partial charge in [0.15, 0.2) is 0 Å². The van der Waals surface area contributed by atoms with Gasteiger partial charge < -0.3 is 10.8 Å². The summed E-state index contributed by atoms with van der Waals surface area (Å²) < 4.78 is 0. The fourth-order valence-corrected chi connectivity index (χ4v) is 1.54. The molecular weight excluding hydrogens is 176 g/mol. The molecular formula is C11H12N2O. The maximum atomic E-state index is 9.00. The van der Waals surface area contributed by atoms with Gasteiger partial charge in [-0.15, -0.1) is 0 Å². The van der Waals surface area contributed by atoms with Crippen LogP contribution in [0.3, 0.4) is 0 Å². The molecule has 0 fully saturated rings. The van der Waals surface area contributed by atoms with Crippen molar-refractivity contribution in [1.29, 1.82) is 0 Å². The summed E-state index contributed by atoms with van der Waals surface area (Å²) in [5.41, 5.74) is 7.64. The number of nitrogens with zero attached hydrogens (tertiary/aromatic N) is 1. The molecule has 0 radical (unpaired) electrons. The van der Waals surface area contributed by atoms with Crippen LogP contribution in [0.1, 0.15) is 11.6 Å². The molecule has 2 rings (SSSR count). The van der Waals surface area contributed by atoms with Gasteiger partial charge in [-0.3, -0.25) is 4.98 Å². The minimum Gasteiger partial charge on any atom is -0.394 e. The van der Waals surface area contributed by atoms with Crippen LogP contribution in [-0.2, 0) is 0 Å². The molecule has 0 saturated heterocycles. The zero-order valence-corrected chi connectivity index (χ0v) is 7.72. The molecule has 0 spiro atoms. The Labute approximate surface area is 82.2 Å². The summed E-state index contributed by atoms with van der Waals surface area (Å²) in [5, 5.41) is 10.0. The predicted octanol–water partition coefficient (Wildman–Crippen LogP) is 1.23. The van der Waals surface area contributed by atoms with Crippen molar-refractivity contribution in [3.05, 3.63) is 42.1 Å². The zero-order valence-electron chi connectivity index (χ0n) is 7.72. The van der Waals surface area contributed by atoms with Gasteiger partial charge in [0.1, 0.15) is 0 Å². The van der Waals surface area contributed by atoms with Crippen molar-refractivity contribution in [2.45, 2.75) is 6.04 Å². The Hall–Kier alpha value is -1.45. The van der Waals surface area contributed by atoms with Crippen molar-refractivity contribution in [3.63, 3.8) is 0 Å². The number of para-hydroxylation sites is 1. The third-order valence-corrected chi connectivity index (χ3v) is 2.28. The van der Waals surface area contributed by atoms with Crippen molar-refractivity contribution in [1.82, 2.24) is 4.98 Å². The third-order valence-electron chi connectivity index (χ3n) is 2.28. The summed E-state index contributed by atoms with van der Waals surface area (Å²) in [5.74, 6) is 0. The molecule has 3 nitrogen and oxygen atoms in total. The number of aliphatic hydroxyl groups is 1. The molecule has 1 aromatic heterocycles. The van der Waals surface area contributed by atoms with Gasteiger partial charge in [-0.2, -0.15) is 0 Å². The monoisotopic (exact) mass is 188 g/mol. The van der Waals surface area contributed by atoms with Crippen LogP contribution < -0.4 is 5.73 Å². The molecule has 3 N–H and O–H groups in total. The van der Waals surface area contributed by atoms with Crippen LogP contribution >= 0.6 is 0 Å². The van der Waals surface area contributed by atoms with E-state index in [4.69, 9.17) is 10.8 Å². The number of aliphatic hydroxyl groups excluding tert-OH is 1. The number of benzene rings is 1. The van der Waals surface area contributed by atoms with Gasteiger partial charge in [0.25, 0.3) is 0 Å². The van der Waals surface area contributed by atoms with Crippen LogP contribution in [0, 0.1) is 0 Å². The first kappa shape index (κ1) is 9.12. The maximum absolute atomic E-state index is 9.00. The van der Waals surface area contributed by atoms with E-state index in [1.807, 2.05) is 30.3 Å². The summed E-state index contributed by atoms with van der Waals surface area (Å²) in [6, 6.07) is 9.29. The molecule has 0 aliphatic carbocycles. The van der Waals surface area contributed by atoms with Gasteiger partial charge in [0.05, 0.1) is 18.2 Å². The molecule has 1 aromatic carbocycles. The fraction of sp³-hybridized carbons (Fsp3) is 0.182. The molecule has 1 atom stereocenters. The van der Waals surface area contributed by atoms with Gasteiger partial charge in [0.2, 0.25) is 0 Å². The van der Waals surface area contributed by atoms with E-state index in [-0.39, 0.29) is 12.6 Å². The number of pyridine rings is 1. The lowest BCUT2D eigenvalue weighted by molar-refractivity contribution is 0.268. The lowest BCUT2D eigenvalue weighted by Gasteiger charge is -2.10. The van der Waals surface area contributed by atoms with E-state index >= 15 is 0 Å². The molecule has 0 bridgehead atoms. The van der Waals surface area contributed by atoms with Crippen molar-refractivity contribution in [3.8, 4) is 0 Å². The minimum atomic E-state index is -0.331. The highest BCUT2D eigenvalue weighted by molar-refractivity contribution is 5.82. The summed E-state index contributed by atoms with van der Waals surface area (Å²) in [6.45, 7) is -0.0476. The SMILES string of the molecule is N[C@@H](CO)c1ccnc2ccccc12. The van der Waals surface area contributed by atoms with Crippen LogP contribution in [0.4, 0.5) is 0 Å². The lowest BCUT2D eigenvalue weighted by atomic mass is 10.0. The summed E-state index contributed by atoms with van der Waals surface area (Å²) in [6.07, 6.45) is 1.72. The van der Waals surface area contributed by atoms with Gasteiger partial charge in [0, 0.05) is 11.6 Å². The Bertz CT molecular complexity index is 437. The van der Waals surface area contributed by atoms with Gasteiger partial charge >= 0.3 is 0 Å². The Balaban J connectivity index is 2.65. The molecule has 0 unspecified atom stereocenters. The number of nitrogens with two attached hydrogens (primary N) is 1. The van der Waals surface area contributed by atoms with Crippen molar-refractivity contribution < 1.29 is 5.11 Å². The highest BCUT2D eigenvalue weighted by Gasteiger charge is 2.07. The quantitative estimate of drug-likeness (QED) is 0.745. The Morgan fingerprint density at radius 1 is 1.29 bits per heavy atom. The number of aromatic nitrogens is 1. The summed E-state index contributed by atoms with van der Waals surface area (Å²) in [7, 11) is 0. The number of hydrogen-bond acceptors (Lipinski definition) is 3. The largest absolute Gasteiger partial charge is 0.394 e. The first-order valence-corrected chi connectivity index (χ1v) is 4.53. The van der Waals surface area contributed by atoms with E-state index in [0.717, 1.165) is 16.5 Å². The number of fused-ring (bicyclic) bond motifs is 1. The minimum absolute atomic E-state index is 0.0476. The van der Waals surface area contributed by atoms with E-state index in [1.165, 1.54) is 0 Å². The van der Waals surface area contributed by atoms with Crippen molar-refractivity contribution in [2.24, 2.45) is 5.73 Å². The highest BCUT2D eigenvalue weighted by atomic mass is 16.3. The molecule has 72 valence electrons. The standard InChI is InChI=1S/C11H12N2O/c12-10(7-14)8-5-6-13-11-4-2-1-3-9(8)11/h1-6,10,14H,7,12H2/t10-/m0/s1. The van der Waals surface area contributed by atoms with Crippen LogP contribution in [0.15, 0.2) is 36.5 Å². The smallest absolute Gasteiger partial charge is 0.0705 e. The fourth-order valence-electron chi connectivity index (χ4n) is 1.54. The Morgan fingerprint density at radius 3 is 2.86 bits per heavy atom. The molecule has 0 aliphatic rings. The van der Waals surface area contributed by atoms with Crippen LogP contribution in [0.25, 0.3) is 10.9 Å². The van der Waals surface area contributed by atoms with E-state index in [1.54, 1.807) is 6.20 Å². The van der Waals surface area contributed by atoms with Crippen molar-refractivity contribution in [2.75, 3.05) is 6.61 Å². The average Bonchev–Trinajstić information content (AvgIpc) is 2.27. The summed E-state index contributed by atoms with van der Waals surface area (Å²) in [4.78, 5) is 4.22. The van der Waals surface area contributed by atoms with Crippen LogP contribution in [0.5, 0.6) is 0 Å². The predicted molar refractivity (Wildman–Crippen MR) is 55.8 cm³/mol. The lowest BCUT2D eigenvalue weighted by Crippen LogP contribution is -2.14. The molecule has 1 heterocycles. The first-order valence-electron chi connectivity index (χ1n) is 4.53. The normalized spacial score (nSPS) is 13.0. The van der Waals surface area contributed by atoms with Gasteiger partial charge in [-0.05, 0) is 17.7 Å². The second kappa shape index (κ2) is 3.74. The molecule has 0 amide bonds. The zero-order chi connectivity index (χ0) is 9.97. The Morgan fingerprint density at radius 2 is 2.07 bits per heavy atom. The van der Waals surface area contributed by atoms with Gasteiger partial charge in [-0.25, -0.2) is 0 Å². The van der Waals surface area contributed by atoms with E-state index < -0.39 is 0 Å². The molecule has 14 heavy (non-hydrogen) atoms. The molecule has 0 saturated carbocycles. The second-order valence-electron chi connectivity index (χ2n) is 3.21. The number of rotatable bonds is 2. The number of hydrogen-bond donors (Lipinski definition) is 2. The topological polar surface area (TPSA) is 59.1 Å². The van der Waals surface area contributed by atoms with E-state index in [0.29, 0.717) is 0 Å². The average molecular weight is 188 g/mol.